The van der Waals surface area contributed by atoms with E-state index in [1.807, 2.05) is 24.3 Å². The number of ether oxygens (including phenoxy) is 1. The van der Waals surface area contributed by atoms with E-state index in [1.165, 1.54) is 6.07 Å². The number of para-hydroxylation sites is 1. The maximum Gasteiger partial charge on any atom is 0.339 e. The summed E-state index contributed by atoms with van der Waals surface area (Å²) in [5.41, 5.74) is 2.90. The zero-order valence-electron chi connectivity index (χ0n) is 12.2. The van der Waals surface area contributed by atoms with Crippen molar-refractivity contribution in [2.24, 2.45) is 0 Å². The molecule has 0 aliphatic rings. The minimum absolute atomic E-state index is 0.137. The van der Waals surface area contributed by atoms with Crippen molar-refractivity contribution < 1.29 is 14.6 Å². The average Bonchev–Trinajstić information content (AvgIpc) is 2.61. The molecule has 0 bridgehead atoms. The number of carboxylic acids is 1. The van der Waals surface area contributed by atoms with Gasteiger partial charge in [-0.25, -0.2) is 4.79 Å². The third-order valence-corrected chi connectivity index (χ3v) is 3.32. The molecule has 23 heavy (non-hydrogen) atoms. The lowest BCUT2D eigenvalue weighted by atomic mass is 10.1. The third-order valence-electron chi connectivity index (χ3n) is 3.32. The first-order chi connectivity index (χ1) is 11.2. The van der Waals surface area contributed by atoms with Gasteiger partial charge in [0.2, 0.25) is 0 Å². The van der Waals surface area contributed by atoms with Crippen molar-refractivity contribution in [2.45, 2.75) is 6.61 Å². The Morgan fingerprint density at radius 2 is 1.74 bits per heavy atom. The molecule has 0 saturated heterocycles. The van der Waals surface area contributed by atoms with Crippen molar-refractivity contribution in [3.8, 4) is 16.9 Å². The summed E-state index contributed by atoms with van der Waals surface area (Å²) in [6.45, 7) is 0.198. The van der Waals surface area contributed by atoms with Gasteiger partial charge in [0.15, 0.2) is 0 Å². The summed E-state index contributed by atoms with van der Waals surface area (Å²) >= 11 is 0. The third kappa shape index (κ3) is 3.52. The summed E-state index contributed by atoms with van der Waals surface area (Å²) in [6.07, 6.45) is 5.17. The van der Waals surface area contributed by atoms with Crippen molar-refractivity contribution in [1.29, 1.82) is 0 Å². The largest absolute Gasteiger partial charge is 0.486 e. The second kappa shape index (κ2) is 6.70. The minimum Gasteiger partial charge on any atom is -0.486 e. The van der Waals surface area contributed by atoms with Crippen LogP contribution in [0.1, 0.15) is 16.1 Å². The molecule has 3 rings (SSSR count). The molecular weight excluding hydrogens is 292 g/mol. The molecule has 5 heteroatoms. The minimum atomic E-state index is -1.01. The highest BCUT2D eigenvalue weighted by Gasteiger charge is 2.10. The molecule has 0 spiro atoms. The number of aromatic nitrogens is 2. The fourth-order valence-corrected chi connectivity index (χ4v) is 2.20. The summed E-state index contributed by atoms with van der Waals surface area (Å²) < 4.78 is 5.62. The van der Waals surface area contributed by atoms with E-state index in [4.69, 9.17) is 9.84 Å². The number of benzene rings is 1. The number of nitrogens with zero attached hydrogens (tertiary/aromatic N) is 2. The molecule has 1 N–H and O–H groups in total. The molecule has 2 heterocycles. The Morgan fingerprint density at radius 3 is 2.52 bits per heavy atom. The van der Waals surface area contributed by atoms with Crippen molar-refractivity contribution in [3.63, 3.8) is 0 Å². The van der Waals surface area contributed by atoms with Gasteiger partial charge in [0.1, 0.15) is 17.9 Å². The van der Waals surface area contributed by atoms with Crippen LogP contribution in [-0.4, -0.2) is 21.0 Å². The molecule has 0 amide bonds. The topological polar surface area (TPSA) is 72.3 Å². The van der Waals surface area contributed by atoms with E-state index < -0.39 is 5.97 Å². The van der Waals surface area contributed by atoms with Gasteiger partial charge in [0.25, 0.3) is 0 Å². The van der Waals surface area contributed by atoms with Gasteiger partial charge in [-0.1, -0.05) is 12.1 Å². The molecule has 3 aromatic rings. The Kier molecular flexibility index (Phi) is 4.29. The maximum absolute atomic E-state index is 11.2. The van der Waals surface area contributed by atoms with Crippen LogP contribution in [0.3, 0.4) is 0 Å². The number of hydrogen-bond acceptors (Lipinski definition) is 4. The summed E-state index contributed by atoms with van der Waals surface area (Å²) in [5.74, 6) is -0.685. The van der Waals surface area contributed by atoms with Gasteiger partial charge in [-0.05, 0) is 47.5 Å². The zero-order valence-corrected chi connectivity index (χ0v) is 12.2. The monoisotopic (exact) mass is 306 g/mol. The lowest BCUT2D eigenvalue weighted by Gasteiger charge is -2.09. The van der Waals surface area contributed by atoms with Crippen LogP contribution in [0.5, 0.6) is 5.75 Å². The van der Waals surface area contributed by atoms with E-state index in [9.17, 15) is 4.79 Å². The van der Waals surface area contributed by atoms with Crippen molar-refractivity contribution in [3.05, 3.63) is 78.4 Å². The molecule has 2 aromatic heterocycles. The SMILES string of the molecule is O=C(O)c1ccccc1OCc1cc(-c2ccncc2)ccn1. The van der Waals surface area contributed by atoms with Gasteiger partial charge >= 0.3 is 5.97 Å². The first-order valence-corrected chi connectivity index (χ1v) is 7.04. The summed E-state index contributed by atoms with van der Waals surface area (Å²) in [6, 6.07) is 14.2. The molecule has 0 aliphatic carbocycles. The Balaban J connectivity index is 1.78. The Morgan fingerprint density at radius 1 is 1.00 bits per heavy atom. The number of rotatable bonds is 5. The van der Waals surface area contributed by atoms with Crippen LogP contribution in [-0.2, 0) is 6.61 Å². The predicted octanol–water partition coefficient (Wildman–Crippen LogP) is 3.42. The van der Waals surface area contributed by atoms with E-state index in [0.717, 1.165) is 16.8 Å². The molecular formula is C18H14N2O3. The quantitative estimate of drug-likeness (QED) is 0.782. The number of aromatic carboxylic acids is 1. The van der Waals surface area contributed by atoms with Crippen molar-refractivity contribution >= 4 is 5.97 Å². The number of carboxylic acid groups (broad SMARTS) is 1. The number of carbonyl (C=O) groups is 1. The molecule has 0 atom stereocenters. The first kappa shape index (κ1) is 14.7. The molecule has 0 fully saturated rings. The zero-order chi connectivity index (χ0) is 16.1. The molecule has 1 aromatic carbocycles. The second-order valence-electron chi connectivity index (χ2n) is 4.86. The van der Waals surface area contributed by atoms with Crippen molar-refractivity contribution in [1.82, 2.24) is 9.97 Å². The van der Waals surface area contributed by atoms with Gasteiger partial charge in [-0.15, -0.1) is 0 Å². The highest BCUT2D eigenvalue weighted by Crippen LogP contribution is 2.21. The fraction of sp³-hybridized carbons (Fsp3) is 0.0556. The Labute approximate surface area is 133 Å². The summed E-state index contributed by atoms with van der Waals surface area (Å²) in [5, 5.41) is 9.15. The fourth-order valence-electron chi connectivity index (χ4n) is 2.20. The van der Waals surface area contributed by atoms with Crippen LogP contribution in [0.15, 0.2) is 67.1 Å². The van der Waals surface area contributed by atoms with E-state index in [1.54, 1.807) is 36.8 Å². The first-order valence-electron chi connectivity index (χ1n) is 7.04. The summed E-state index contributed by atoms with van der Waals surface area (Å²) in [4.78, 5) is 19.4. The predicted molar refractivity (Wildman–Crippen MR) is 85.2 cm³/mol. The lowest BCUT2D eigenvalue weighted by molar-refractivity contribution is 0.0691. The standard InChI is InChI=1S/C18H14N2O3/c21-18(22)16-3-1-2-4-17(16)23-12-15-11-14(7-10-20-15)13-5-8-19-9-6-13/h1-11H,12H2,(H,21,22). The van der Waals surface area contributed by atoms with Gasteiger partial charge in [0.05, 0.1) is 5.69 Å². The smallest absolute Gasteiger partial charge is 0.339 e. The lowest BCUT2D eigenvalue weighted by Crippen LogP contribution is -2.04. The Bertz CT molecular complexity index is 819. The van der Waals surface area contributed by atoms with Crippen LogP contribution in [0, 0.1) is 0 Å². The van der Waals surface area contributed by atoms with Crippen LogP contribution in [0.25, 0.3) is 11.1 Å². The Hall–Kier alpha value is -3.21. The molecule has 0 aliphatic heterocycles. The van der Waals surface area contributed by atoms with Gasteiger partial charge in [0, 0.05) is 18.6 Å². The average molecular weight is 306 g/mol. The molecule has 0 saturated carbocycles. The molecule has 0 radical (unpaired) electrons. The van der Waals surface area contributed by atoms with Gasteiger partial charge < -0.3 is 9.84 Å². The van der Waals surface area contributed by atoms with E-state index in [-0.39, 0.29) is 12.2 Å². The van der Waals surface area contributed by atoms with E-state index >= 15 is 0 Å². The number of hydrogen-bond donors (Lipinski definition) is 1. The molecule has 5 nitrogen and oxygen atoms in total. The van der Waals surface area contributed by atoms with E-state index in [0.29, 0.717) is 5.75 Å². The molecule has 114 valence electrons. The second-order valence-corrected chi connectivity index (χ2v) is 4.86. The van der Waals surface area contributed by atoms with Crippen LogP contribution < -0.4 is 4.74 Å². The van der Waals surface area contributed by atoms with E-state index in [2.05, 4.69) is 9.97 Å². The van der Waals surface area contributed by atoms with Crippen molar-refractivity contribution in [2.75, 3.05) is 0 Å². The van der Waals surface area contributed by atoms with Crippen LogP contribution >= 0.6 is 0 Å². The van der Waals surface area contributed by atoms with Crippen LogP contribution in [0.4, 0.5) is 0 Å². The number of pyridine rings is 2. The summed E-state index contributed by atoms with van der Waals surface area (Å²) in [7, 11) is 0. The maximum atomic E-state index is 11.2. The highest BCUT2D eigenvalue weighted by molar-refractivity contribution is 5.90. The van der Waals surface area contributed by atoms with Gasteiger partial charge in [-0.3, -0.25) is 9.97 Å². The van der Waals surface area contributed by atoms with Gasteiger partial charge in [-0.2, -0.15) is 0 Å². The molecule has 0 unspecified atom stereocenters. The van der Waals surface area contributed by atoms with Crippen LogP contribution in [0.2, 0.25) is 0 Å². The highest BCUT2D eigenvalue weighted by atomic mass is 16.5. The normalized spacial score (nSPS) is 10.3.